The van der Waals surface area contributed by atoms with Crippen molar-refractivity contribution in [1.29, 1.82) is 0 Å². The Morgan fingerprint density at radius 3 is 2.94 bits per heavy atom. The number of aryl methyl sites for hydroxylation is 1. The van der Waals surface area contributed by atoms with Gasteiger partial charge in [0.05, 0.1) is 15.8 Å². The lowest BCUT2D eigenvalue weighted by atomic mass is 10.1. The Kier molecular flexibility index (Phi) is 3.81. The largest absolute Gasteiger partial charge is 0.397 e. The molecule has 5 heteroatoms. The standard InChI is InChI=1S/C13H13BrFN3/c1-8-6-17-3-2-9(8)7-18-13-4-10(14)11(15)5-12(13)16/h2-6,18H,7,16H2,1H3. The van der Waals surface area contributed by atoms with Crippen molar-refractivity contribution in [3.63, 3.8) is 0 Å². The van der Waals surface area contributed by atoms with Crippen molar-refractivity contribution >= 4 is 27.3 Å². The van der Waals surface area contributed by atoms with Gasteiger partial charge < -0.3 is 11.1 Å². The first kappa shape index (κ1) is 12.8. The lowest BCUT2D eigenvalue weighted by Crippen LogP contribution is -2.04. The minimum absolute atomic E-state index is 0.363. The van der Waals surface area contributed by atoms with Crippen LogP contribution in [0.4, 0.5) is 15.8 Å². The van der Waals surface area contributed by atoms with Gasteiger partial charge in [0.15, 0.2) is 0 Å². The van der Waals surface area contributed by atoms with Crippen LogP contribution in [0.1, 0.15) is 11.1 Å². The van der Waals surface area contributed by atoms with Crippen LogP contribution in [-0.4, -0.2) is 4.98 Å². The Bertz CT molecular complexity index is 572. The SMILES string of the molecule is Cc1cnccc1CNc1cc(Br)c(F)cc1N. The van der Waals surface area contributed by atoms with Crippen molar-refractivity contribution < 1.29 is 4.39 Å². The molecule has 94 valence electrons. The van der Waals surface area contributed by atoms with Crippen LogP contribution in [0.15, 0.2) is 35.1 Å². The Hall–Kier alpha value is -1.62. The molecular formula is C13H13BrFN3. The normalized spacial score (nSPS) is 10.4. The van der Waals surface area contributed by atoms with Gasteiger partial charge in [-0.3, -0.25) is 4.98 Å². The molecule has 0 saturated carbocycles. The molecule has 0 unspecified atom stereocenters. The minimum Gasteiger partial charge on any atom is -0.397 e. The van der Waals surface area contributed by atoms with Gasteiger partial charge in [-0.1, -0.05) is 0 Å². The van der Waals surface area contributed by atoms with Crippen molar-refractivity contribution in [2.24, 2.45) is 0 Å². The summed E-state index contributed by atoms with van der Waals surface area (Å²) >= 11 is 3.14. The number of halogens is 2. The molecule has 0 atom stereocenters. The van der Waals surface area contributed by atoms with Crippen LogP contribution in [0, 0.1) is 12.7 Å². The summed E-state index contributed by atoms with van der Waals surface area (Å²) in [4.78, 5) is 4.03. The molecule has 0 saturated heterocycles. The van der Waals surface area contributed by atoms with E-state index in [1.807, 2.05) is 13.0 Å². The molecule has 0 spiro atoms. The zero-order valence-electron chi connectivity index (χ0n) is 9.87. The van der Waals surface area contributed by atoms with Crippen LogP contribution in [0.2, 0.25) is 0 Å². The highest BCUT2D eigenvalue weighted by Gasteiger charge is 2.06. The topological polar surface area (TPSA) is 50.9 Å². The van der Waals surface area contributed by atoms with Crippen molar-refractivity contribution in [1.82, 2.24) is 4.98 Å². The van der Waals surface area contributed by atoms with Crippen molar-refractivity contribution in [2.45, 2.75) is 13.5 Å². The molecule has 0 aliphatic rings. The second-order valence-electron chi connectivity index (χ2n) is 4.01. The Morgan fingerprint density at radius 2 is 2.22 bits per heavy atom. The number of rotatable bonds is 3. The first-order valence-electron chi connectivity index (χ1n) is 5.46. The molecule has 1 aromatic heterocycles. The van der Waals surface area contributed by atoms with Gasteiger partial charge in [-0.05, 0) is 46.1 Å². The maximum absolute atomic E-state index is 13.2. The average Bonchev–Trinajstić information content (AvgIpc) is 2.34. The summed E-state index contributed by atoms with van der Waals surface area (Å²) in [6.07, 6.45) is 3.55. The van der Waals surface area contributed by atoms with Gasteiger partial charge >= 0.3 is 0 Å². The minimum atomic E-state index is -0.363. The summed E-state index contributed by atoms with van der Waals surface area (Å²) in [5, 5.41) is 3.19. The van der Waals surface area contributed by atoms with Gasteiger partial charge in [0, 0.05) is 25.0 Å². The van der Waals surface area contributed by atoms with Crippen molar-refractivity contribution in [3.05, 3.63) is 52.0 Å². The maximum atomic E-state index is 13.2. The van der Waals surface area contributed by atoms with E-state index in [0.29, 0.717) is 22.4 Å². The van der Waals surface area contributed by atoms with E-state index in [0.717, 1.165) is 11.1 Å². The molecule has 0 radical (unpaired) electrons. The zero-order chi connectivity index (χ0) is 13.1. The summed E-state index contributed by atoms with van der Waals surface area (Å²) in [6, 6.07) is 4.88. The Balaban J connectivity index is 2.16. The molecule has 1 heterocycles. The number of hydrogen-bond donors (Lipinski definition) is 2. The highest BCUT2D eigenvalue weighted by atomic mass is 79.9. The second kappa shape index (κ2) is 5.35. The van der Waals surface area contributed by atoms with Crippen LogP contribution in [0.5, 0.6) is 0 Å². The average molecular weight is 310 g/mol. The summed E-state index contributed by atoms with van der Waals surface area (Å²) < 4.78 is 13.6. The van der Waals surface area contributed by atoms with Gasteiger partial charge in [-0.15, -0.1) is 0 Å². The molecular weight excluding hydrogens is 297 g/mol. The second-order valence-corrected chi connectivity index (χ2v) is 4.86. The molecule has 3 nitrogen and oxygen atoms in total. The third-order valence-corrected chi connectivity index (χ3v) is 3.31. The van der Waals surface area contributed by atoms with E-state index >= 15 is 0 Å². The van der Waals surface area contributed by atoms with Crippen LogP contribution in [0.25, 0.3) is 0 Å². The molecule has 0 amide bonds. The van der Waals surface area contributed by atoms with E-state index in [9.17, 15) is 4.39 Å². The molecule has 3 N–H and O–H groups in total. The maximum Gasteiger partial charge on any atom is 0.139 e. The summed E-state index contributed by atoms with van der Waals surface area (Å²) in [5.74, 6) is -0.363. The number of aromatic nitrogens is 1. The summed E-state index contributed by atoms with van der Waals surface area (Å²) in [5.41, 5.74) is 9.09. The number of nitrogens with zero attached hydrogens (tertiary/aromatic N) is 1. The van der Waals surface area contributed by atoms with E-state index in [2.05, 4.69) is 26.2 Å². The number of nitrogens with two attached hydrogens (primary N) is 1. The highest BCUT2D eigenvalue weighted by molar-refractivity contribution is 9.10. The van der Waals surface area contributed by atoms with Crippen molar-refractivity contribution in [3.8, 4) is 0 Å². The van der Waals surface area contributed by atoms with E-state index < -0.39 is 0 Å². The lowest BCUT2D eigenvalue weighted by Gasteiger charge is -2.11. The molecule has 1 aromatic carbocycles. The number of hydrogen-bond acceptors (Lipinski definition) is 3. The number of nitrogen functional groups attached to an aromatic ring is 1. The molecule has 2 rings (SSSR count). The van der Waals surface area contributed by atoms with E-state index in [4.69, 9.17) is 5.73 Å². The number of nitrogens with one attached hydrogen (secondary N) is 1. The predicted molar refractivity (Wildman–Crippen MR) is 74.8 cm³/mol. The highest BCUT2D eigenvalue weighted by Crippen LogP contribution is 2.27. The Labute approximate surface area is 113 Å². The van der Waals surface area contributed by atoms with Crippen LogP contribution in [0.3, 0.4) is 0 Å². The molecule has 0 fully saturated rings. The zero-order valence-corrected chi connectivity index (χ0v) is 11.5. The first-order chi connectivity index (χ1) is 8.58. The van der Waals surface area contributed by atoms with Gasteiger partial charge in [0.2, 0.25) is 0 Å². The molecule has 0 aliphatic heterocycles. The van der Waals surface area contributed by atoms with Crippen LogP contribution < -0.4 is 11.1 Å². The fourth-order valence-corrected chi connectivity index (χ4v) is 1.95. The quantitative estimate of drug-likeness (QED) is 0.853. The van der Waals surface area contributed by atoms with E-state index in [-0.39, 0.29) is 5.82 Å². The van der Waals surface area contributed by atoms with Crippen molar-refractivity contribution in [2.75, 3.05) is 11.1 Å². The molecule has 0 bridgehead atoms. The summed E-state index contributed by atoms with van der Waals surface area (Å²) in [6.45, 7) is 2.62. The Morgan fingerprint density at radius 1 is 1.44 bits per heavy atom. The first-order valence-corrected chi connectivity index (χ1v) is 6.25. The van der Waals surface area contributed by atoms with E-state index in [1.165, 1.54) is 6.07 Å². The fraction of sp³-hybridized carbons (Fsp3) is 0.154. The number of pyridine rings is 1. The van der Waals surface area contributed by atoms with Gasteiger partial charge in [0.25, 0.3) is 0 Å². The third-order valence-electron chi connectivity index (χ3n) is 2.70. The fourth-order valence-electron chi connectivity index (χ4n) is 1.61. The third kappa shape index (κ3) is 2.79. The monoisotopic (exact) mass is 309 g/mol. The predicted octanol–water partition coefficient (Wildman–Crippen LogP) is 3.49. The lowest BCUT2D eigenvalue weighted by molar-refractivity contribution is 0.622. The van der Waals surface area contributed by atoms with E-state index in [1.54, 1.807) is 18.5 Å². The number of benzene rings is 1. The summed E-state index contributed by atoms with van der Waals surface area (Å²) in [7, 11) is 0. The van der Waals surface area contributed by atoms with Crippen LogP contribution in [-0.2, 0) is 6.54 Å². The molecule has 18 heavy (non-hydrogen) atoms. The molecule has 0 aliphatic carbocycles. The van der Waals surface area contributed by atoms with Gasteiger partial charge in [0.1, 0.15) is 5.82 Å². The van der Waals surface area contributed by atoms with Gasteiger partial charge in [-0.25, -0.2) is 4.39 Å². The molecule has 2 aromatic rings. The smallest absolute Gasteiger partial charge is 0.139 e. The van der Waals surface area contributed by atoms with Crippen LogP contribution >= 0.6 is 15.9 Å². The van der Waals surface area contributed by atoms with Gasteiger partial charge in [-0.2, -0.15) is 0 Å². The number of anilines is 2.